The van der Waals surface area contributed by atoms with E-state index in [2.05, 4.69) is 15.3 Å². The SMILES string of the molecule is COc1cccc(C=Nc2ccc3nc(SCC(=O)NC4CCCCC4)sc3c2)c1O. The van der Waals surface area contributed by atoms with Crippen LogP contribution in [0.2, 0.25) is 0 Å². The summed E-state index contributed by atoms with van der Waals surface area (Å²) in [6, 6.07) is 11.4. The summed E-state index contributed by atoms with van der Waals surface area (Å²) in [4.78, 5) is 21.3. The van der Waals surface area contributed by atoms with Gasteiger partial charge < -0.3 is 15.2 Å². The number of hydrogen-bond donors (Lipinski definition) is 2. The molecule has 0 bridgehead atoms. The molecular formula is C23H25N3O3S2. The second kappa shape index (κ2) is 10.2. The van der Waals surface area contributed by atoms with Crippen LogP contribution in [0.4, 0.5) is 5.69 Å². The maximum atomic E-state index is 12.2. The van der Waals surface area contributed by atoms with Gasteiger partial charge in [-0.3, -0.25) is 9.79 Å². The van der Waals surface area contributed by atoms with E-state index in [0.29, 0.717) is 23.1 Å². The van der Waals surface area contributed by atoms with E-state index in [9.17, 15) is 9.90 Å². The first-order valence-corrected chi connectivity index (χ1v) is 12.2. The van der Waals surface area contributed by atoms with Crippen LogP contribution >= 0.6 is 23.1 Å². The van der Waals surface area contributed by atoms with Gasteiger partial charge in [-0.1, -0.05) is 37.1 Å². The first-order valence-electron chi connectivity index (χ1n) is 10.3. The van der Waals surface area contributed by atoms with Crippen LogP contribution in [0, 0.1) is 0 Å². The molecule has 6 nitrogen and oxygen atoms in total. The molecule has 1 aliphatic carbocycles. The number of aliphatic imine (C=N–C) groups is 1. The van der Waals surface area contributed by atoms with Crippen molar-refractivity contribution >= 4 is 51.1 Å². The zero-order valence-electron chi connectivity index (χ0n) is 17.3. The van der Waals surface area contributed by atoms with Gasteiger partial charge in [0.1, 0.15) is 0 Å². The Morgan fingerprint density at radius 2 is 2.16 bits per heavy atom. The third kappa shape index (κ3) is 5.57. The zero-order chi connectivity index (χ0) is 21.6. The van der Waals surface area contributed by atoms with Gasteiger partial charge in [0, 0.05) is 17.8 Å². The molecule has 31 heavy (non-hydrogen) atoms. The van der Waals surface area contributed by atoms with Crippen molar-refractivity contribution in [3.8, 4) is 11.5 Å². The molecule has 1 saturated carbocycles. The number of para-hydroxylation sites is 1. The fourth-order valence-corrected chi connectivity index (χ4v) is 5.54. The number of rotatable bonds is 7. The molecule has 1 amide bonds. The number of thioether (sulfide) groups is 1. The van der Waals surface area contributed by atoms with E-state index >= 15 is 0 Å². The quantitative estimate of drug-likeness (QED) is 0.373. The maximum absolute atomic E-state index is 12.2. The summed E-state index contributed by atoms with van der Waals surface area (Å²) in [6.45, 7) is 0. The molecule has 1 aliphatic rings. The monoisotopic (exact) mass is 455 g/mol. The van der Waals surface area contributed by atoms with Crippen LogP contribution in [-0.4, -0.2) is 41.1 Å². The lowest BCUT2D eigenvalue weighted by Gasteiger charge is -2.22. The maximum Gasteiger partial charge on any atom is 0.230 e. The summed E-state index contributed by atoms with van der Waals surface area (Å²) in [7, 11) is 1.52. The molecule has 1 heterocycles. The molecule has 162 valence electrons. The van der Waals surface area contributed by atoms with E-state index in [1.807, 2.05) is 18.2 Å². The number of phenolic OH excluding ortho intramolecular Hbond substituents is 1. The van der Waals surface area contributed by atoms with E-state index < -0.39 is 0 Å². The van der Waals surface area contributed by atoms with Crippen molar-refractivity contribution < 1.29 is 14.6 Å². The van der Waals surface area contributed by atoms with E-state index in [4.69, 9.17) is 4.74 Å². The Hall–Kier alpha value is -2.58. The highest BCUT2D eigenvalue weighted by atomic mass is 32.2. The Balaban J connectivity index is 1.39. The summed E-state index contributed by atoms with van der Waals surface area (Å²) >= 11 is 3.03. The van der Waals surface area contributed by atoms with Gasteiger partial charge in [0.05, 0.1) is 28.8 Å². The highest BCUT2D eigenvalue weighted by molar-refractivity contribution is 8.01. The predicted octanol–water partition coefficient (Wildman–Crippen LogP) is 5.30. The minimum atomic E-state index is 0.0674. The molecule has 2 aromatic carbocycles. The summed E-state index contributed by atoms with van der Waals surface area (Å²) in [5.41, 5.74) is 2.25. The van der Waals surface area contributed by atoms with Gasteiger partial charge >= 0.3 is 0 Å². The zero-order valence-corrected chi connectivity index (χ0v) is 19.0. The van der Waals surface area contributed by atoms with Crippen molar-refractivity contribution in [1.29, 1.82) is 0 Å². The highest BCUT2D eigenvalue weighted by Gasteiger charge is 2.16. The van der Waals surface area contributed by atoms with Crippen LogP contribution in [0.5, 0.6) is 11.5 Å². The number of phenols is 1. The fraction of sp³-hybridized carbons (Fsp3) is 0.348. The number of methoxy groups -OCH3 is 1. The molecule has 1 aromatic heterocycles. The van der Waals surface area contributed by atoms with Crippen molar-refractivity contribution in [2.75, 3.05) is 12.9 Å². The fourth-order valence-electron chi connectivity index (χ4n) is 3.63. The number of carbonyl (C=O) groups excluding carboxylic acids is 1. The molecule has 2 N–H and O–H groups in total. The Morgan fingerprint density at radius 1 is 1.32 bits per heavy atom. The molecule has 0 saturated heterocycles. The summed E-state index contributed by atoms with van der Waals surface area (Å²) in [5, 5.41) is 13.3. The molecule has 1 fully saturated rings. The minimum absolute atomic E-state index is 0.0674. The van der Waals surface area contributed by atoms with Gasteiger partial charge in [0.25, 0.3) is 0 Å². The molecule has 0 radical (unpaired) electrons. The second-order valence-electron chi connectivity index (χ2n) is 7.48. The third-order valence-electron chi connectivity index (χ3n) is 5.25. The number of nitrogens with zero attached hydrogens (tertiary/aromatic N) is 2. The third-order valence-corrected chi connectivity index (χ3v) is 7.41. The number of amides is 1. The average molecular weight is 456 g/mol. The van der Waals surface area contributed by atoms with E-state index in [0.717, 1.165) is 33.1 Å². The van der Waals surface area contributed by atoms with Gasteiger partial charge in [-0.05, 0) is 43.2 Å². The number of fused-ring (bicyclic) bond motifs is 1. The molecule has 0 spiro atoms. The lowest BCUT2D eigenvalue weighted by atomic mass is 9.95. The Kier molecular flexibility index (Phi) is 7.09. The number of carbonyl (C=O) groups is 1. The molecule has 8 heteroatoms. The number of nitrogens with one attached hydrogen (secondary N) is 1. The number of hydrogen-bond acceptors (Lipinski definition) is 7. The Labute approximate surface area is 189 Å². The van der Waals surface area contributed by atoms with Crippen molar-refractivity contribution in [1.82, 2.24) is 10.3 Å². The van der Waals surface area contributed by atoms with Crippen LogP contribution in [0.1, 0.15) is 37.7 Å². The number of ether oxygens (including phenoxy) is 1. The number of thiazole rings is 1. The summed E-state index contributed by atoms with van der Waals surface area (Å²) in [6.07, 6.45) is 7.49. The van der Waals surface area contributed by atoms with Crippen LogP contribution in [0.3, 0.4) is 0 Å². The van der Waals surface area contributed by atoms with Crippen LogP contribution in [0.25, 0.3) is 10.2 Å². The van der Waals surface area contributed by atoms with E-state index in [-0.39, 0.29) is 11.7 Å². The standard InChI is InChI=1S/C23H25N3O3S2/c1-29-19-9-5-6-15(22(19)28)13-24-17-10-11-18-20(12-17)31-23(26-18)30-14-21(27)25-16-7-3-2-4-8-16/h5-6,9-13,16,28H,2-4,7-8,14H2,1H3,(H,25,27). The lowest BCUT2D eigenvalue weighted by Crippen LogP contribution is -2.37. The number of aromatic nitrogens is 1. The van der Waals surface area contributed by atoms with Gasteiger partial charge in [0.2, 0.25) is 5.91 Å². The van der Waals surface area contributed by atoms with Gasteiger partial charge in [0.15, 0.2) is 15.8 Å². The molecule has 3 aromatic rings. The topological polar surface area (TPSA) is 83.8 Å². The Morgan fingerprint density at radius 3 is 2.97 bits per heavy atom. The molecule has 4 rings (SSSR count). The largest absolute Gasteiger partial charge is 0.504 e. The molecule has 0 unspecified atom stereocenters. The first kappa shape index (κ1) is 21.6. The van der Waals surface area contributed by atoms with Crippen LogP contribution in [-0.2, 0) is 4.79 Å². The number of benzene rings is 2. The lowest BCUT2D eigenvalue weighted by molar-refractivity contribution is -0.119. The van der Waals surface area contributed by atoms with E-state index in [1.165, 1.54) is 38.1 Å². The van der Waals surface area contributed by atoms with Crippen molar-refractivity contribution in [2.45, 2.75) is 42.5 Å². The Bertz CT molecular complexity index is 1090. The minimum Gasteiger partial charge on any atom is -0.504 e. The smallest absolute Gasteiger partial charge is 0.230 e. The second-order valence-corrected chi connectivity index (χ2v) is 9.73. The average Bonchev–Trinajstić information content (AvgIpc) is 3.20. The van der Waals surface area contributed by atoms with Gasteiger partial charge in [-0.15, -0.1) is 11.3 Å². The summed E-state index contributed by atoms with van der Waals surface area (Å²) < 4.78 is 7.02. The normalized spacial score (nSPS) is 14.9. The van der Waals surface area contributed by atoms with E-state index in [1.54, 1.807) is 35.8 Å². The van der Waals surface area contributed by atoms with Gasteiger partial charge in [-0.25, -0.2) is 4.98 Å². The van der Waals surface area contributed by atoms with Crippen LogP contribution in [0.15, 0.2) is 45.7 Å². The van der Waals surface area contributed by atoms with Gasteiger partial charge in [-0.2, -0.15) is 0 Å². The first-order chi connectivity index (χ1) is 15.1. The van der Waals surface area contributed by atoms with Crippen molar-refractivity contribution in [2.24, 2.45) is 4.99 Å². The summed E-state index contributed by atoms with van der Waals surface area (Å²) in [5.74, 6) is 0.949. The molecule has 0 aliphatic heterocycles. The molecule has 0 atom stereocenters. The van der Waals surface area contributed by atoms with Crippen LogP contribution < -0.4 is 10.1 Å². The van der Waals surface area contributed by atoms with Crippen molar-refractivity contribution in [3.63, 3.8) is 0 Å². The van der Waals surface area contributed by atoms with Crippen molar-refractivity contribution in [3.05, 3.63) is 42.0 Å². The highest BCUT2D eigenvalue weighted by Crippen LogP contribution is 2.33. The predicted molar refractivity (Wildman–Crippen MR) is 127 cm³/mol. The number of aromatic hydroxyl groups is 1. The molecular weight excluding hydrogens is 430 g/mol.